The lowest BCUT2D eigenvalue weighted by Gasteiger charge is -2.25. The van der Waals surface area contributed by atoms with E-state index < -0.39 is 0 Å². The van der Waals surface area contributed by atoms with E-state index in [9.17, 15) is 9.18 Å². The Morgan fingerprint density at radius 3 is 2.68 bits per heavy atom. The number of halogens is 1. The minimum atomic E-state index is -0.385. The van der Waals surface area contributed by atoms with Crippen LogP contribution in [0.5, 0.6) is 0 Å². The van der Waals surface area contributed by atoms with E-state index in [4.69, 9.17) is 0 Å². The summed E-state index contributed by atoms with van der Waals surface area (Å²) < 4.78 is 13.8. The minimum absolute atomic E-state index is 0.142. The Kier molecular flexibility index (Phi) is 5.80. The Balaban J connectivity index is 3.02. The Morgan fingerprint density at radius 1 is 1.42 bits per heavy atom. The first kappa shape index (κ1) is 15.5. The molecule has 1 aromatic rings. The second-order valence-electron chi connectivity index (χ2n) is 4.75. The van der Waals surface area contributed by atoms with Crippen LogP contribution in [0.1, 0.15) is 44.0 Å². The SMILES string of the molecule is CCCC(C)N(C)C(=O)c1cccc(F)c1NCC. The first-order valence-electron chi connectivity index (χ1n) is 6.82. The van der Waals surface area contributed by atoms with Crippen molar-refractivity contribution in [3.63, 3.8) is 0 Å². The number of carbonyl (C=O) groups is 1. The minimum Gasteiger partial charge on any atom is -0.382 e. The van der Waals surface area contributed by atoms with Crippen molar-refractivity contribution in [3.8, 4) is 0 Å². The number of benzene rings is 1. The second kappa shape index (κ2) is 7.12. The fourth-order valence-electron chi connectivity index (χ4n) is 2.06. The molecule has 1 rings (SSSR count). The van der Waals surface area contributed by atoms with E-state index in [1.54, 1.807) is 24.1 Å². The van der Waals surface area contributed by atoms with Gasteiger partial charge in [-0.1, -0.05) is 19.4 Å². The lowest BCUT2D eigenvalue weighted by Crippen LogP contribution is -2.35. The molecule has 1 aromatic carbocycles. The van der Waals surface area contributed by atoms with Crippen molar-refractivity contribution in [1.29, 1.82) is 0 Å². The van der Waals surface area contributed by atoms with Crippen LogP contribution in [0.2, 0.25) is 0 Å². The molecule has 106 valence electrons. The molecular formula is C15H23FN2O. The molecule has 0 saturated heterocycles. The van der Waals surface area contributed by atoms with Gasteiger partial charge in [-0.15, -0.1) is 0 Å². The molecule has 0 spiro atoms. The zero-order valence-electron chi connectivity index (χ0n) is 12.2. The molecule has 0 saturated carbocycles. The molecule has 0 radical (unpaired) electrons. The molecule has 1 amide bonds. The van der Waals surface area contributed by atoms with Gasteiger partial charge in [0.25, 0.3) is 5.91 Å². The summed E-state index contributed by atoms with van der Waals surface area (Å²) in [6.07, 6.45) is 1.95. The molecule has 3 nitrogen and oxygen atoms in total. The summed E-state index contributed by atoms with van der Waals surface area (Å²) in [5.74, 6) is -0.527. The molecule has 1 atom stereocenters. The van der Waals surface area contributed by atoms with Crippen LogP contribution in [-0.2, 0) is 0 Å². The van der Waals surface area contributed by atoms with Crippen LogP contribution in [0.15, 0.2) is 18.2 Å². The van der Waals surface area contributed by atoms with Crippen molar-refractivity contribution in [2.45, 2.75) is 39.7 Å². The number of anilines is 1. The van der Waals surface area contributed by atoms with Crippen LogP contribution in [0, 0.1) is 5.82 Å². The topological polar surface area (TPSA) is 32.3 Å². The summed E-state index contributed by atoms with van der Waals surface area (Å²) in [6, 6.07) is 4.75. The molecule has 0 heterocycles. The predicted molar refractivity (Wildman–Crippen MR) is 77.0 cm³/mol. The highest BCUT2D eigenvalue weighted by Crippen LogP contribution is 2.22. The maximum Gasteiger partial charge on any atom is 0.256 e. The lowest BCUT2D eigenvalue weighted by molar-refractivity contribution is 0.0737. The highest BCUT2D eigenvalue weighted by Gasteiger charge is 2.21. The number of hydrogen-bond donors (Lipinski definition) is 1. The van der Waals surface area contributed by atoms with Crippen molar-refractivity contribution in [2.75, 3.05) is 18.9 Å². The summed E-state index contributed by atoms with van der Waals surface area (Å²) in [6.45, 7) is 6.55. The number of para-hydroxylation sites is 1. The van der Waals surface area contributed by atoms with Gasteiger partial charge in [-0.05, 0) is 32.4 Å². The molecule has 1 unspecified atom stereocenters. The van der Waals surface area contributed by atoms with Gasteiger partial charge in [0, 0.05) is 19.6 Å². The predicted octanol–water partition coefficient (Wildman–Crippen LogP) is 3.52. The largest absolute Gasteiger partial charge is 0.382 e. The molecule has 0 fully saturated rings. The molecule has 0 aliphatic carbocycles. The van der Waals surface area contributed by atoms with Gasteiger partial charge >= 0.3 is 0 Å². The number of amides is 1. The van der Waals surface area contributed by atoms with Crippen molar-refractivity contribution in [3.05, 3.63) is 29.6 Å². The summed E-state index contributed by atoms with van der Waals surface area (Å²) in [5.41, 5.74) is 0.692. The van der Waals surface area contributed by atoms with E-state index >= 15 is 0 Å². The van der Waals surface area contributed by atoms with Crippen LogP contribution in [0.25, 0.3) is 0 Å². The number of carbonyl (C=O) groups excluding carboxylic acids is 1. The smallest absolute Gasteiger partial charge is 0.256 e. The standard InChI is InChI=1S/C15H23FN2O/c1-5-8-11(3)18(4)15(19)12-9-7-10-13(16)14(12)17-6-2/h7,9-11,17H,5-6,8H2,1-4H3. The molecule has 1 N–H and O–H groups in total. The van der Waals surface area contributed by atoms with Gasteiger partial charge < -0.3 is 10.2 Å². The van der Waals surface area contributed by atoms with Gasteiger partial charge in [0.15, 0.2) is 0 Å². The fourth-order valence-corrected chi connectivity index (χ4v) is 2.06. The molecule has 0 aliphatic heterocycles. The number of nitrogens with one attached hydrogen (secondary N) is 1. The maximum atomic E-state index is 13.8. The average molecular weight is 266 g/mol. The van der Waals surface area contributed by atoms with E-state index in [0.717, 1.165) is 12.8 Å². The van der Waals surface area contributed by atoms with Gasteiger partial charge in [-0.2, -0.15) is 0 Å². The molecule has 4 heteroatoms. The van der Waals surface area contributed by atoms with E-state index in [1.807, 2.05) is 13.8 Å². The highest BCUT2D eigenvalue weighted by atomic mass is 19.1. The summed E-state index contributed by atoms with van der Waals surface area (Å²) in [7, 11) is 1.77. The van der Waals surface area contributed by atoms with Gasteiger partial charge in [-0.25, -0.2) is 4.39 Å². The second-order valence-corrected chi connectivity index (χ2v) is 4.75. The van der Waals surface area contributed by atoms with Crippen molar-refractivity contribution < 1.29 is 9.18 Å². The summed E-state index contributed by atoms with van der Waals surface area (Å²) in [4.78, 5) is 14.1. The van der Waals surface area contributed by atoms with Crippen LogP contribution in [0.4, 0.5) is 10.1 Å². The summed E-state index contributed by atoms with van der Waals surface area (Å²) in [5, 5.41) is 2.93. The quantitative estimate of drug-likeness (QED) is 0.854. The Labute approximate surface area is 114 Å². The third-order valence-electron chi connectivity index (χ3n) is 3.29. The van der Waals surface area contributed by atoms with Crippen LogP contribution >= 0.6 is 0 Å². The van der Waals surface area contributed by atoms with Gasteiger partial charge in [0.1, 0.15) is 5.82 Å². The van der Waals surface area contributed by atoms with Gasteiger partial charge in [0.2, 0.25) is 0 Å². The number of rotatable bonds is 6. The van der Waals surface area contributed by atoms with Crippen molar-refractivity contribution in [1.82, 2.24) is 4.90 Å². The Hall–Kier alpha value is -1.58. The zero-order valence-corrected chi connectivity index (χ0v) is 12.2. The van der Waals surface area contributed by atoms with Crippen molar-refractivity contribution >= 4 is 11.6 Å². The molecule has 0 aliphatic rings. The zero-order chi connectivity index (χ0) is 14.4. The Bertz CT molecular complexity index is 434. The monoisotopic (exact) mass is 266 g/mol. The fraction of sp³-hybridized carbons (Fsp3) is 0.533. The van der Waals surface area contributed by atoms with E-state index in [-0.39, 0.29) is 17.8 Å². The third kappa shape index (κ3) is 3.69. The lowest BCUT2D eigenvalue weighted by atomic mass is 10.1. The van der Waals surface area contributed by atoms with Crippen LogP contribution in [-0.4, -0.2) is 30.4 Å². The Morgan fingerprint density at radius 2 is 2.11 bits per heavy atom. The first-order chi connectivity index (χ1) is 9.02. The van der Waals surface area contributed by atoms with Gasteiger partial charge in [-0.3, -0.25) is 4.79 Å². The molecular weight excluding hydrogens is 243 g/mol. The van der Waals surface area contributed by atoms with E-state index in [0.29, 0.717) is 17.8 Å². The molecule has 0 bridgehead atoms. The average Bonchev–Trinajstić information content (AvgIpc) is 2.40. The van der Waals surface area contributed by atoms with E-state index in [2.05, 4.69) is 12.2 Å². The normalized spacial score (nSPS) is 12.1. The maximum absolute atomic E-state index is 13.8. The summed E-state index contributed by atoms with van der Waals surface area (Å²) >= 11 is 0. The van der Waals surface area contributed by atoms with E-state index in [1.165, 1.54) is 6.07 Å². The molecule has 0 aromatic heterocycles. The molecule has 19 heavy (non-hydrogen) atoms. The van der Waals surface area contributed by atoms with Gasteiger partial charge in [0.05, 0.1) is 11.3 Å². The third-order valence-corrected chi connectivity index (χ3v) is 3.29. The number of nitrogens with zero attached hydrogens (tertiary/aromatic N) is 1. The van der Waals surface area contributed by atoms with Crippen LogP contribution < -0.4 is 5.32 Å². The first-order valence-corrected chi connectivity index (χ1v) is 6.82. The highest BCUT2D eigenvalue weighted by molar-refractivity contribution is 5.99. The van der Waals surface area contributed by atoms with Crippen LogP contribution in [0.3, 0.4) is 0 Å². The van der Waals surface area contributed by atoms with Crippen molar-refractivity contribution in [2.24, 2.45) is 0 Å². The number of hydrogen-bond acceptors (Lipinski definition) is 2.